The average Bonchev–Trinajstić information content (AvgIpc) is 3.07. The molecule has 2 N–H and O–H groups in total. The number of nitrogens with two attached hydrogens (primary N) is 1. The van der Waals surface area contributed by atoms with Crippen LogP contribution in [0.5, 0.6) is 0 Å². The van der Waals surface area contributed by atoms with Crippen LogP contribution in [0.3, 0.4) is 0 Å². The number of benzene rings is 2. The first kappa shape index (κ1) is 23.6. The lowest BCUT2D eigenvalue weighted by molar-refractivity contribution is -0.291. The quantitative estimate of drug-likeness (QED) is 0.512. The van der Waals surface area contributed by atoms with Gasteiger partial charge < -0.3 is 0 Å². The van der Waals surface area contributed by atoms with E-state index >= 15 is 0 Å². The molecular weight excluding hydrogens is 453 g/mol. The van der Waals surface area contributed by atoms with Gasteiger partial charge in [0, 0.05) is 17.3 Å². The van der Waals surface area contributed by atoms with Gasteiger partial charge >= 0.3 is 12.1 Å². The maximum atomic E-state index is 14.8. The van der Waals surface area contributed by atoms with Crippen LogP contribution in [0.4, 0.5) is 22.0 Å². The number of hydrogen-bond donors (Lipinski definition) is 1. The Morgan fingerprint density at radius 3 is 2.12 bits per heavy atom. The van der Waals surface area contributed by atoms with Crippen molar-refractivity contribution >= 4 is 16.2 Å². The van der Waals surface area contributed by atoms with Gasteiger partial charge in [-0.05, 0) is 25.5 Å². The highest BCUT2D eigenvalue weighted by atomic mass is 32.2. The largest absolute Gasteiger partial charge is 0.459 e. The lowest BCUT2D eigenvalue weighted by Gasteiger charge is -2.21. The van der Waals surface area contributed by atoms with Crippen LogP contribution in [0.15, 0.2) is 59.5 Å². The van der Waals surface area contributed by atoms with Gasteiger partial charge in [0.1, 0.15) is 11.4 Å². The third-order valence-corrected chi connectivity index (χ3v) is 5.61. The first-order valence-corrected chi connectivity index (χ1v) is 10.7. The van der Waals surface area contributed by atoms with E-state index in [1.165, 1.54) is 55.5 Å². The number of sulfonamides is 1. The standard InChI is InChI=1S/C21H18F5N3O2S/c1-3-12-29-19(20(22,23)21(24,25)26)17(14-10-8-13(2)9-11-14)18(28-29)15-6-4-5-7-16(15)32(27,30)31/h3-12H,1-2H3,(H2,27,30,31). The number of hydrogen-bond acceptors (Lipinski definition) is 3. The molecule has 3 rings (SSSR count). The molecule has 0 fully saturated rings. The van der Waals surface area contributed by atoms with Gasteiger partial charge in [-0.15, -0.1) is 0 Å². The molecule has 0 bridgehead atoms. The molecule has 3 aromatic rings. The molecule has 0 saturated carbocycles. The van der Waals surface area contributed by atoms with Crippen molar-refractivity contribution in [3.05, 3.63) is 65.9 Å². The summed E-state index contributed by atoms with van der Waals surface area (Å²) in [4.78, 5) is -0.458. The molecule has 0 radical (unpaired) electrons. The van der Waals surface area contributed by atoms with Crippen LogP contribution in [-0.4, -0.2) is 24.4 Å². The second-order valence-electron chi connectivity index (χ2n) is 6.98. The fraction of sp³-hybridized carbons (Fsp3) is 0.190. The van der Waals surface area contributed by atoms with Gasteiger partial charge in [0.2, 0.25) is 10.0 Å². The molecule has 0 unspecified atom stereocenters. The molecular formula is C21H18F5N3O2S. The lowest BCUT2D eigenvalue weighted by atomic mass is 9.95. The molecule has 0 spiro atoms. The van der Waals surface area contributed by atoms with Gasteiger partial charge in [-0.3, -0.25) is 0 Å². The number of halogens is 5. The second kappa shape index (κ2) is 8.14. The van der Waals surface area contributed by atoms with Gasteiger partial charge in [0.15, 0.2) is 0 Å². The molecule has 0 aliphatic rings. The number of alkyl halides is 5. The molecule has 11 heteroatoms. The highest BCUT2D eigenvalue weighted by Gasteiger charge is 2.62. The zero-order valence-electron chi connectivity index (χ0n) is 16.9. The van der Waals surface area contributed by atoms with Gasteiger partial charge in [-0.2, -0.15) is 27.1 Å². The van der Waals surface area contributed by atoms with Gasteiger partial charge in [0.25, 0.3) is 0 Å². The normalized spacial score (nSPS) is 13.1. The Bertz CT molecular complexity index is 1280. The third kappa shape index (κ3) is 4.17. The zero-order valence-corrected chi connectivity index (χ0v) is 17.7. The zero-order chi connectivity index (χ0) is 23.9. The highest BCUT2D eigenvalue weighted by molar-refractivity contribution is 7.89. The molecule has 0 aliphatic heterocycles. The number of nitrogens with zero attached hydrogens (tertiary/aromatic N) is 2. The van der Waals surface area contributed by atoms with Crippen molar-refractivity contribution in [1.29, 1.82) is 0 Å². The SMILES string of the molecule is CC=Cn1nc(-c2ccccc2S(N)(=O)=O)c(-c2ccc(C)cc2)c1C(F)(F)C(F)(F)F. The summed E-state index contributed by atoms with van der Waals surface area (Å²) in [5.74, 6) is -5.30. The molecule has 2 aromatic carbocycles. The fourth-order valence-corrected chi connectivity index (χ4v) is 3.95. The van der Waals surface area contributed by atoms with E-state index in [2.05, 4.69) is 5.10 Å². The summed E-state index contributed by atoms with van der Waals surface area (Å²) in [6.07, 6.45) is -3.75. The Morgan fingerprint density at radius 1 is 1.00 bits per heavy atom. The second-order valence-corrected chi connectivity index (χ2v) is 8.51. The Kier molecular flexibility index (Phi) is 6.00. The first-order chi connectivity index (χ1) is 14.8. The maximum Gasteiger partial charge on any atom is 0.459 e. The minimum atomic E-state index is -5.93. The average molecular weight is 471 g/mol. The minimum absolute atomic E-state index is 0.00417. The molecule has 0 saturated heterocycles. The minimum Gasteiger partial charge on any atom is -0.238 e. The number of aryl methyl sites for hydroxylation is 1. The number of aromatic nitrogens is 2. The predicted octanol–water partition coefficient (Wildman–Crippen LogP) is 5.32. The molecule has 170 valence electrons. The van der Waals surface area contributed by atoms with Gasteiger partial charge in [-0.25, -0.2) is 18.2 Å². The van der Waals surface area contributed by atoms with E-state index in [1.807, 2.05) is 0 Å². The van der Waals surface area contributed by atoms with Gasteiger partial charge in [0.05, 0.1) is 4.90 Å². The summed E-state index contributed by atoms with van der Waals surface area (Å²) in [5.41, 5.74) is -1.83. The lowest BCUT2D eigenvalue weighted by Crippen LogP contribution is -2.35. The molecule has 0 aliphatic carbocycles. The summed E-state index contributed by atoms with van der Waals surface area (Å²) < 4.78 is 94.5. The van der Waals surface area contributed by atoms with E-state index in [9.17, 15) is 30.4 Å². The van der Waals surface area contributed by atoms with Crippen LogP contribution in [-0.2, 0) is 15.9 Å². The van der Waals surface area contributed by atoms with E-state index in [-0.39, 0.29) is 16.8 Å². The maximum absolute atomic E-state index is 14.8. The van der Waals surface area contributed by atoms with Crippen LogP contribution in [0.1, 0.15) is 18.2 Å². The van der Waals surface area contributed by atoms with Crippen molar-refractivity contribution in [2.45, 2.75) is 30.8 Å². The summed E-state index contributed by atoms with van der Waals surface area (Å²) in [7, 11) is -4.34. The van der Waals surface area contributed by atoms with E-state index in [4.69, 9.17) is 5.14 Å². The van der Waals surface area contributed by atoms with Crippen molar-refractivity contribution in [2.75, 3.05) is 0 Å². The van der Waals surface area contributed by atoms with Crippen LogP contribution in [0, 0.1) is 6.92 Å². The monoisotopic (exact) mass is 471 g/mol. The number of allylic oxidation sites excluding steroid dienone is 1. The Hall–Kier alpha value is -3.05. The summed E-state index contributed by atoms with van der Waals surface area (Å²) in [6, 6.07) is 10.9. The van der Waals surface area contributed by atoms with E-state index in [0.717, 1.165) is 17.8 Å². The van der Waals surface area contributed by atoms with Crippen LogP contribution >= 0.6 is 0 Å². The van der Waals surface area contributed by atoms with Crippen molar-refractivity contribution in [3.8, 4) is 22.4 Å². The molecule has 32 heavy (non-hydrogen) atoms. The van der Waals surface area contributed by atoms with Gasteiger partial charge in [-0.1, -0.05) is 54.1 Å². The highest BCUT2D eigenvalue weighted by Crippen LogP contribution is 2.50. The van der Waals surface area contributed by atoms with Crippen LogP contribution < -0.4 is 5.14 Å². The van der Waals surface area contributed by atoms with Crippen molar-refractivity contribution in [3.63, 3.8) is 0 Å². The summed E-state index contributed by atoms with van der Waals surface area (Å²) in [5, 5.41) is 9.21. The molecule has 1 aromatic heterocycles. The summed E-state index contributed by atoms with van der Waals surface area (Å²) in [6.45, 7) is 3.14. The van der Waals surface area contributed by atoms with Crippen LogP contribution in [0.25, 0.3) is 28.6 Å². The third-order valence-electron chi connectivity index (χ3n) is 4.64. The van der Waals surface area contributed by atoms with Crippen molar-refractivity contribution < 1.29 is 30.4 Å². The van der Waals surface area contributed by atoms with E-state index in [1.54, 1.807) is 6.92 Å². The van der Waals surface area contributed by atoms with Crippen LogP contribution in [0.2, 0.25) is 0 Å². The molecule has 5 nitrogen and oxygen atoms in total. The molecule has 0 atom stereocenters. The Morgan fingerprint density at radius 2 is 1.59 bits per heavy atom. The first-order valence-electron chi connectivity index (χ1n) is 9.18. The van der Waals surface area contributed by atoms with Crippen molar-refractivity contribution in [2.24, 2.45) is 5.14 Å². The Balaban J connectivity index is 2.53. The summed E-state index contributed by atoms with van der Waals surface area (Å²) >= 11 is 0. The Labute approximate surface area is 181 Å². The molecule has 0 amide bonds. The van der Waals surface area contributed by atoms with Crippen molar-refractivity contribution in [1.82, 2.24) is 9.78 Å². The predicted molar refractivity (Wildman–Crippen MR) is 110 cm³/mol. The van der Waals surface area contributed by atoms with E-state index in [0.29, 0.717) is 4.68 Å². The smallest absolute Gasteiger partial charge is 0.238 e. The number of primary sulfonamides is 1. The topological polar surface area (TPSA) is 78.0 Å². The molecule has 1 heterocycles. The van der Waals surface area contributed by atoms with E-state index < -0.39 is 38.3 Å². The fourth-order valence-electron chi connectivity index (χ4n) is 3.21. The number of rotatable bonds is 5.